The van der Waals surface area contributed by atoms with E-state index in [2.05, 4.69) is 25.8 Å². The Morgan fingerprint density at radius 3 is 2.78 bits per heavy atom. The molecule has 0 unspecified atom stereocenters. The lowest BCUT2D eigenvalue weighted by Crippen LogP contribution is -2.56. The number of carbonyl (C=O) groups excluding carboxylic acids is 2. The first-order valence-corrected chi connectivity index (χ1v) is 8.99. The summed E-state index contributed by atoms with van der Waals surface area (Å²) in [5.41, 5.74) is 1.93. The SMILES string of the molecule is Cc1ccc(CN2CCNC(=O)[C@H]2CC(=O)NCCc2n[nH]c(=O)[nH]2)cc1. The number of hydrogen-bond acceptors (Lipinski definition) is 5. The van der Waals surface area contributed by atoms with Gasteiger partial charge in [-0.2, -0.15) is 5.10 Å². The Bertz CT molecular complexity index is 841. The van der Waals surface area contributed by atoms with Crippen LogP contribution in [-0.4, -0.2) is 57.6 Å². The summed E-state index contributed by atoms with van der Waals surface area (Å²) in [6, 6.07) is 7.68. The molecule has 3 rings (SSSR count). The van der Waals surface area contributed by atoms with Crippen molar-refractivity contribution in [3.05, 3.63) is 51.7 Å². The lowest BCUT2D eigenvalue weighted by molar-refractivity contribution is -0.134. The first-order chi connectivity index (χ1) is 13.0. The maximum atomic E-state index is 12.3. The van der Waals surface area contributed by atoms with Gasteiger partial charge in [-0.3, -0.25) is 19.5 Å². The van der Waals surface area contributed by atoms with E-state index in [1.54, 1.807) is 0 Å². The third-order valence-electron chi connectivity index (χ3n) is 4.56. The number of aromatic nitrogens is 3. The van der Waals surface area contributed by atoms with Crippen molar-refractivity contribution in [2.45, 2.75) is 32.4 Å². The number of hydrogen-bond donors (Lipinski definition) is 4. The molecule has 1 aromatic heterocycles. The zero-order valence-electron chi connectivity index (χ0n) is 15.2. The van der Waals surface area contributed by atoms with Crippen molar-refractivity contribution in [3.63, 3.8) is 0 Å². The number of aromatic amines is 2. The molecular weight excluding hydrogens is 348 g/mol. The maximum absolute atomic E-state index is 12.3. The first-order valence-electron chi connectivity index (χ1n) is 8.99. The van der Waals surface area contributed by atoms with Crippen LogP contribution >= 0.6 is 0 Å². The van der Waals surface area contributed by atoms with E-state index in [0.717, 1.165) is 5.56 Å². The zero-order chi connectivity index (χ0) is 19.2. The van der Waals surface area contributed by atoms with Crippen molar-refractivity contribution in [1.82, 2.24) is 30.7 Å². The molecule has 1 aliphatic heterocycles. The third kappa shape index (κ3) is 5.27. The fraction of sp³-hybridized carbons (Fsp3) is 0.444. The van der Waals surface area contributed by atoms with Gasteiger partial charge in [-0.1, -0.05) is 29.8 Å². The highest BCUT2D eigenvalue weighted by atomic mass is 16.2. The topological polar surface area (TPSA) is 123 Å². The highest BCUT2D eigenvalue weighted by molar-refractivity contribution is 5.88. The molecule has 1 fully saturated rings. The largest absolute Gasteiger partial charge is 0.356 e. The zero-order valence-corrected chi connectivity index (χ0v) is 15.2. The summed E-state index contributed by atoms with van der Waals surface area (Å²) in [6.45, 7) is 4.28. The van der Waals surface area contributed by atoms with Gasteiger partial charge in [0, 0.05) is 32.6 Å². The number of piperazine rings is 1. The Kier molecular flexibility index (Phi) is 6.02. The van der Waals surface area contributed by atoms with Gasteiger partial charge in [0.25, 0.3) is 0 Å². The summed E-state index contributed by atoms with van der Waals surface area (Å²) in [6.07, 6.45) is 0.503. The first kappa shape index (κ1) is 18.8. The Morgan fingerprint density at radius 2 is 2.07 bits per heavy atom. The number of nitrogens with one attached hydrogen (secondary N) is 4. The van der Waals surface area contributed by atoms with Crippen molar-refractivity contribution in [2.24, 2.45) is 0 Å². The standard InChI is InChI=1S/C18H24N6O3/c1-12-2-4-13(5-3-12)11-24-9-8-20-17(26)14(24)10-16(25)19-7-6-15-21-18(27)23-22-15/h2-5,14H,6-11H2,1H3,(H,19,25)(H,20,26)(H2,21,22,23,27)/t14-/m1/s1. The van der Waals surface area contributed by atoms with E-state index in [-0.39, 0.29) is 23.9 Å². The Morgan fingerprint density at radius 1 is 1.30 bits per heavy atom. The molecule has 1 aromatic carbocycles. The molecule has 0 radical (unpaired) electrons. The van der Waals surface area contributed by atoms with Crippen LogP contribution in [0.1, 0.15) is 23.4 Å². The van der Waals surface area contributed by atoms with Gasteiger partial charge < -0.3 is 10.6 Å². The molecule has 0 spiro atoms. The highest BCUT2D eigenvalue weighted by Crippen LogP contribution is 2.14. The number of aryl methyl sites for hydroxylation is 1. The Labute approximate surface area is 156 Å². The molecule has 2 heterocycles. The van der Waals surface area contributed by atoms with Crippen LogP contribution < -0.4 is 16.3 Å². The number of nitrogens with zero attached hydrogens (tertiary/aromatic N) is 2. The lowest BCUT2D eigenvalue weighted by Gasteiger charge is -2.34. The van der Waals surface area contributed by atoms with Crippen LogP contribution in [0.4, 0.5) is 0 Å². The summed E-state index contributed by atoms with van der Waals surface area (Å²) < 4.78 is 0. The van der Waals surface area contributed by atoms with Crippen LogP contribution in [0.25, 0.3) is 0 Å². The van der Waals surface area contributed by atoms with Crippen LogP contribution in [-0.2, 0) is 22.6 Å². The number of rotatable bonds is 7. The van der Waals surface area contributed by atoms with Gasteiger partial charge in [0.1, 0.15) is 5.82 Å². The minimum atomic E-state index is -0.495. The summed E-state index contributed by atoms with van der Waals surface area (Å²) in [7, 11) is 0. The van der Waals surface area contributed by atoms with Crippen molar-refractivity contribution < 1.29 is 9.59 Å². The maximum Gasteiger partial charge on any atom is 0.340 e. The van der Waals surface area contributed by atoms with Crippen molar-refractivity contribution in [2.75, 3.05) is 19.6 Å². The monoisotopic (exact) mass is 372 g/mol. The number of H-pyrrole nitrogens is 2. The minimum absolute atomic E-state index is 0.0920. The van der Waals surface area contributed by atoms with Gasteiger partial charge in [0.15, 0.2) is 0 Å². The summed E-state index contributed by atoms with van der Waals surface area (Å²) in [4.78, 5) is 40.1. The van der Waals surface area contributed by atoms with Crippen LogP contribution in [0.3, 0.4) is 0 Å². The normalized spacial score (nSPS) is 17.5. The molecule has 9 heteroatoms. The van der Waals surface area contributed by atoms with Crippen molar-refractivity contribution in [3.8, 4) is 0 Å². The highest BCUT2D eigenvalue weighted by Gasteiger charge is 2.31. The molecule has 0 bridgehead atoms. The van der Waals surface area contributed by atoms with Gasteiger partial charge in [-0.05, 0) is 12.5 Å². The second kappa shape index (κ2) is 8.63. The van der Waals surface area contributed by atoms with E-state index in [0.29, 0.717) is 38.4 Å². The Hall–Kier alpha value is -2.94. The van der Waals surface area contributed by atoms with E-state index >= 15 is 0 Å². The molecule has 27 heavy (non-hydrogen) atoms. The lowest BCUT2D eigenvalue weighted by atomic mass is 10.1. The molecule has 2 aromatic rings. The molecule has 2 amide bonds. The molecule has 9 nitrogen and oxygen atoms in total. The van der Waals surface area contributed by atoms with Gasteiger partial charge in [-0.25, -0.2) is 9.89 Å². The predicted molar refractivity (Wildman–Crippen MR) is 98.9 cm³/mol. The number of carbonyl (C=O) groups is 2. The van der Waals surface area contributed by atoms with Gasteiger partial charge >= 0.3 is 5.69 Å². The molecule has 0 aliphatic carbocycles. The molecule has 144 valence electrons. The smallest absolute Gasteiger partial charge is 0.340 e. The average Bonchev–Trinajstić information content (AvgIpc) is 3.05. The average molecular weight is 372 g/mol. The summed E-state index contributed by atoms with van der Waals surface area (Å²) in [5, 5.41) is 11.7. The van der Waals surface area contributed by atoms with Gasteiger partial charge in [-0.15, -0.1) is 0 Å². The number of benzene rings is 1. The quantitative estimate of drug-likeness (QED) is 0.520. The molecule has 1 atom stereocenters. The second-order valence-corrected chi connectivity index (χ2v) is 6.69. The van der Waals surface area contributed by atoms with E-state index in [4.69, 9.17) is 0 Å². The van der Waals surface area contributed by atoms with Crippen molar-refractivity contribution >= 4 is 11.8 Å². The summed E-state index contributed by atoms with van der Waals surface area (Å²) in [5.74, 6) is 0.153. The summed E-state index contributed by atoms with van der Waals surface area (Å²) >= 11 is 0. The van der Waals surface area contributed by atoms with Gasteiger partial charge in [0.2, 0.25) is 11.8 Å². The van der Waals surface area contributed by atoms with Crippen LogP contribution in [0.2, 0.25) is 0 Å². The molecule has 0 saturated carbocycles. The minimum Gasteiger partial charge on any atom is -0.356 e. The molecule has 4 N–H and O–H groups in total. The van der Waals surface area contributed by atoms with E-state index < -0.39 is 6.04 Å². The van der Waals surface area contributed by atoms with Gasteiger partial charge in [0.05, 0.1) is 12.5 Å². The van der Waals surface area contributed by atoms with Crippen LogP contribution in [0.15, 0.2) is 29.1 Å². The number of amides is 2. The van der Waals surface area contributed by atoms with E-state index in [9.17, 15) is 14.4 Å². The third-order valence-corrected chi connectivity index (χ3v) is 4.56. The van der Waals surface area contributed by atoms with Crippen molar-refractivity contribution in [1.29, 1.82) is 0 Å². The fourth-order valence-corrected chi connectivity index (χ4v) is 3.09. The van der Waals surface area contributed by atoms with Crippen LogP contribution in [0, 0.1) is 6.92 Å². The molecule has 1 aliphatic rings. The fourth-order valence-electron chi connectivity index (χ4n) is 3.09. The molecular formula is C18H24N6O3. The van der Waals surface area contributed by atoms with Crippen LogP contribution in [0.5, 0.6) is 0 Å². The van der Waals surface area contributed by atoms with E-state index in [1.807, 2.05) is 36.1 Å². The van der Waals surface area contributed by atoms with E-state index in [1.165, 1.54) is 5.56 Å². The molecule has 1 saturated heterocycles. The second-order valence-electron chi connectivity index (χ2n) is 6.69. The predicted octanol–water partition coefficient (Wildman–Crippen LogP) is -0.544. The Balaban J connectivity index is 1.54.